The summed E-state index contributed by atoms with van der Waals surface area (Å²) in [7, 11) is 0. The summed E-state index contributed by atoms with van der Waals surface area (Å²) in [5, 5.41) is 0. The van der Waals surface area contributed by atoms with Crippen molar-refractivity contribution in [3.63, 3.8) is 0 Å². The molecule has 8 aliphatic carbocycles. The van der Waals surface area contributed by atoms with Crippen LogP contribution in [0.1, 0.15) is 158 Å². The molecule has 0 saturated heterocycles. The number of esters is 2. The molecule has 0 heterocycles. The number of fused-ring (bicyclic) bond motifs is 6. The molecule has 8 saturated carbocycles. The SMILES string of the molecule is CCOC(=O)[C@]1(C)CC(=O)C[C@@]2(C)[C@@H]3CC[C@@]4(C)C[C@]3(CC[C@@H]21)CC4=O.CCOC(=O)[C@]1(C)CC(=O)C[C@@]2(C)[C@@H]3CC[C@@]4(C)C[C@]3(CC[C@@H]21)CC4=O. The van der Waals surface area contributed by atoms with E-state index >= 15 is 0 Å². The molecule has 0 aromatic heterocycles. The fraction of sp³-hybridized carbons (Fsp3) is 0.864. The van der Waals surface area contributed by atoms with Gasteiger partial charge >= 0.3 is 11.9 Å². The van der Waals surface area contributed by atoms with E-state index in [0.717, 1.165) is 64.2 Å². The summed E-state index contributed by atoms with van der Waals surface area (Å²) < 4.78 is 10.8. The van der Waals surface area contributed by atoms with E-state index in [1.165, 1.54) is 0 Å². The first-order chi connectivity index (χ1) is 24.2. The molecule has 0 radical (unpaired) electrons. The van der Waals surface area contributed by atoms with Gasteiger partial charge in [-0.2, -0.15) is 0 Å². The Balaban J connectivity index is 0.000000162. The first-order valence-electron chi connectivity index (χ1n) is 20.6. The number of carbonyl (C=O) groups excluding carboxylic acids is 6. The Morgan fingerprint density at radius 1 is 0.519 bits per heavy atom. The standard InChI is InChI=1S/2C22H32O4/c2*1-5-26-18(25)21(4)11-14(23)10-20(3)15(21)7-9-22-12-17(24)19(2,13-22)8-6-16(20)22/h2*15-16H,5-13H2,1-4H3/t2*15-,16-,19-,20+,21+,22-/m00/s1. The quantitative estimate of drug-likeness (QED) is 0.267. The Morgan fingerprint density at radius 3 is 1.21 bits per heavy atom. The minimum atomic E-state index is -0.717. The summed E-state index contributed by atoms with van der Waals surface area (Å²) >= 11 is 0. The molecule has 4 bridgehead atoms. The van der Waals surface area contributed by atoms with Crippen LogP contribution in [-0.4, -0.2) is 48.3 Å². The van der Waals surface area contributed by atoms with E-state index in [0.29, 0.717) is 75.1 Å². The highest BCUT2D eigenvalue weighted by atomic mass is 16.5. The predicted molar refractivity (Wildman–Crippen MR) is 195 cm³/mol. The van der Waals surface area contributed by atoms with Gasteiger partial charge in [-0.1, -0.05) is 27.7 Å². The van der Waals surface area contributed by atoms with Crippen molar-refractivity contribution in [2.24, 2.45) is 67.0 Å². The third kappa shape index (κ3) is 5.16. The normalized spacial score (nSPS) is 50.2. The lowest BCUT2D eigenvalue weighted by atomic mass is 9.40. The molecule has 0 aromatic rings. The van der Waals surface area contributed by atoms with E-state index in [2.05, 4.69) is 27.7 Å². The Labute approximate surface area is 311 Å². The van der Waals surface area contributed by atoms with Crippen molar-refractivity contribution in [1.82, 2.24) is 0 Å². The van der Waals surface area contributed by atoms with E-state index in [9.17, 15) is 28.8 Å². The molecule has 2 spiro atoms. The molecule has 0 aliphatic heterocycles. The van der Waals surface area contributed by atoms with Crippen LogP contribution in [0.15, 0.2) is 0 Å². The summed E-state index contributed by atoms with van der Waals surface area (Å²) in [4.78, 5) is 76.7. The molecule has 0 amide bonds. The molecule has 12 atom stereocenters. The Morgan fingerprint density at radius 2 is 0.865 bits per heavy atom. The van der Waals surface area contributed by atoms with Gasteiger partial charge in [-0.15, -0.1) is 0 Å². The second-order valence-corrected chi connectivity index (χ2v) is 20.8. The van der Waals surface area contributed by atoms with Gasteiger partial charge in [-0.3, -0.25) is 28.8 Å². The number of ketones is 4. The Bertz CT molecular complexity index is 1480. The summed E-state index contributed by atoms with van der Waals surface area (Å²) in [6.07, 6.45) is 12.9. The molecule has 0 N–H and O–H groups in total. The molecule has 8 fully saturated rings. The van der Waals surface area contributed by atoms with E-state index in [1.54, 1.807) is 0 Å². The van der Waals surface area contributed by atoms with Gasteiger partial charge in [-0.25, -0.2) is 0 Å². The van der Waals surface area contributed by atoms with Crippen molar-refractivity contribution in [3.05, 3.63) is 0 Å². The van der Waals surface area contributed by atoms with Crippen LogP contribution < -0.4 is 0 Å². The first-order valence-corrected chi connectivity index (χ1v) is 20.6. The van der Waals surface area contributed by atoms with Crippen LogP contribution in [0.5, 0.6) is 0 Å². The van der Waals surface area contributed by atoms with Gasteiger partial charge < -0.3 is 9.47 Å². The molecule has 8 aliphatic rings. The molecule has 8 heteroatoms. The Hall–Kier alpha value is -2.38. The molecule has 8 nitrogen and oxygen atoms in total. The highest BCUT2D eigenvalue weighted by Gasteiger charge is 2.71. The third-order valence-electron chi connectivity index (χ3n) is 17.7. The average molecular weight is 721 g/mol. The van der Waals surface area contributed by atoms with Crippen LogP contribution >= 0.6 is 0 Å². The third-order valence-corrected chi connectivity index (χ3v) is 17.7. The molecule has 0 unspecified atom stereocenters. The van der Waals surface area contributed by atoms with Gasteiger partial charge in [0.25, 0.3) is 0 Å². The maximum atomic E-state index is 12.9. The molecule has 8 rings (SSSR count). The predicted octanol–water partition coefficient (Wildman–Crippen LogP) is 8.20. The molecule has 288 valence electrons. The number of ether oxygens (including phenoxy) is 2. The number of Topliss-reactive ketones (excluding diaryl/α,β-unsaturated/α-hetero) is 4. The lowest BCUT2D eigenvalue weighted by molar-refractivity contribution is -0.189. The van der Waals surface area contributed by atoms with E-state index < -0.39 is 10.8 Å². The maximum Gasteiger partial charge on any atom is 0.312 e. The molecular formula is C44H64O8. The average Bonchev–Trinajstić information content (AvgIpc) is 3.34. The smallest absolute Gasteiger partial charge is 0.312 e. The summed E-state index contributed by atoms with van der Waals surface area (Å²) in [6, 6.07) is 0. The van der Waals surface area contributed by atoms with Crippen LogP contribution in [0.2, 0.25) is 0 Å². The second kappa shape index (κ2) is 12.1. The van der Waals surface area contributed by atoms with Crippen molar-refractivity contribution in [2.75, 3.05) is 13.2 Å². The van der Waals surface area contributed by atoms with Crippen molar-refractivity contribution in [3.8, 4) is 0 Å². The number of hydrogen-bond donors (Lipinski definition) is 0. The van der Waals surface area contributed by atoms with Gasteiger partial charge in [-0.05, 0) is 137 Å². The number of carbonyl (C=O) groups is 6. The van der Waals surface area contributed by atoms with Gasteiger partial charge in [0.15, 0.2) is 0 Å². The number of rotatable bonds is 4. The molecular weight excluding hydrogens is 656 g/mol. The minimum absolute atomic E-state index is 0.0581. The summed E-state index contributed by atoms with van der Waals surface area (Å²) in [5.41, 5.74) is -2.01. The molecule has 0 aromatic carbocycles. The zero-order valence-electron chi connectivity index (χ0n) is 33.3. The fourth-order valence-corrected chi connectivity index (χ4v) is 15.8. The number of hydrogen-bond acceptors (Lipinski definition) is 8. The summed E-state index contributed by atoms with van der Waals surface area (Å²) in [6.45, 7) is 17.0. The maximum absolute atomic E-state index is 12.9. The van der Waals surface area contributed by atoms with Crippen molar-refractivity contribution >= 4 is 35.1 Å². The van der Waals surface area contributed by atoms with E-state index in [1.807, 2.05) is 27.7 Å². The van der Waals surface area contributed by atoms with E-state index in [-0.39, 0.29) is 67.8 Å². The van der Waals surface area contributed by atoms with Crippen molar-refractivity contribution < 1.29 is 38.2 Å². The van der Waals surface area contributed by atoms with Crippen molar-refractivity contribution in [1.29, 1.82) is 0 Å². The van der Waals surface area contributed by atoms with Crippen LogP contribution in [0.3, 0.4) is 0 Å². The van der Waals surface area contributed by atoms with Crippen LogP contribution in [0.25, 0.3) is 0 Å². The Kier molecular flexibility index (Phi) is 8.79. The first kappa shape index (κ1) is 37.9. The van der Waals surface area contributed by atoms with Gasteiger partial charge in [0.2, 0.25) is 0 Å². The largest absolute Gasteiger partial charge is 0.466 e. The highest BCUT2D eigenvalue weighted by Crippen LogP contribution is 2.74. The topological polar surface area (TPSA) is 121 Å². The van der Waals surface area contributed by atoms with Crippen LogP contribution in [0, 0.1) is 67.0 Å². The molecule has 52 heavy (non-hydrogen) atoms. The summed E-state index contributed by atoms with van der Waals surface area (Å²) in [5.74, 6) is 1.90. The van der Waals surface area contributed by atoms with Gasteiger partial charge in [0.1, 0.15) is 23.1 Å². The van der Waals surface area contributed by atoms with Gasteiger partial charge in [0.05, 0.1) is 24.0 Å². The zero-order valence-corrected chi connectivity index (χ0v) is 33.3. The second-order valence-electron chi connectivity index (χ2n) is 20.8. The van der Waals surface area contributed by atoms with Gasteiger partial charge in [0, 0.05) is 49.4 Å². The highest BCUT2D eigenvalue weighted by molar-refractivity contribution is 5.92. The monoisotopic (exact) mass is 720 g/mol. The lowest BCUT2D eigenvalue weighted by Gasteiger charge is -2.63. The fourth-order valence-electron chi connectivity index (χ4n) is 15.8. The van der Waals surface area contributed by atoms with E-state index in [4.69, 9.17) is 9.47 Å². The van der Waals surface area contributed by atoms with Crippen LogP contribution in [-0.2, 0) is 38.2 Å². The lowest BCUT2D eigenvalue weighted by Crippen LogP contribution is -2.60. The van der Waals surface area contributed by atoms with Crippen molar-refractivity contribution in [2.45, 2.75) is 158 Å². The zero-order chi connectivity index (χ0) is 37.9. The minimum Gasteiger partial charge on any atom is -0.466 e. The van der Waals surface area contributed by atoms with Crippen LogP contribution in [0.4, 0.5) is 0 Å².